The first-order valence-corrected chi connectivity index (χ1v) is 5.97. The summed E-state index contributed by atoms with van der Waals surface area (Å²) in [6.45, 7) is 7.60. The molecule has 0 heterocycles. The third-order valence-corrected chi connectivity index (χ3v) is 2.92. The molecule has 1 rings (SSSR count). The van der Waals surface area contributed by atoms with Crippen molar-refractivity contribution >= 4 is 6.09 Å². The number of carbonyl (C=O) groups excluding carboxylic acids is 1. The standard InChI is InChI=1S/C12H23NO3/c1-5-8-6-9(8)10(7-14)13-11(15)16-12(2,3)4/h8-10,14H,5-7H2,1-4H3,(H,13,15)/t8-,9-,10+/m1/s1. The molecule has 0 spiro atoms. The van der Waals surface area contributed by atoms with Gasteiger partial charge in [-0.1, -0.05) is 13.3 Å². The van der Waals surface area contributed by atoms with Crippen LogP contribution >= 0.6 is 0 Å². The number of alkyl carbamates (subject to hydrolysis) is 1. The van der Waals surface area contributed by atoms with Gasteiger partial charge in [0.25, 0.3) is 0 Å². The molecule has 0 radical (unpaired) electrons. The Morgan fingerprint density at radius 3 is 2.56 bits per heavy atom. The summed E-state index contributed by atoms with van der Waals surface area (Å²) in [6, 6.07) is -0.153. The summed E-state index contributed by atoms with van der Waals surface area (Å²) in [7, 11) is 0. The zero-order chi connectivity index (χ0) is 12.3. The molecule has 1 fully saturated rings. The molecule has 0 aromatic rings. The predicted octanol–water partition coefficient (Wildman–Crippen LogP) is 1.92. The van der Waals surface area contributed by atoms with Crippen molar-refractivity contribution in [2.45, 2.75) is 52.2 Å². The zero-order valence-corrected chi connectivity index (χ0v) is 10.6. The van der Waals surface area contributed by atoms with Gasteiger partial charge in [0.15, 0.2) is 0 Å². The molecule has 3 atom stereocenters. The van der Waals surface area contributed by atoms with Crippen LogP contribution in [0, 0.1) is 11.8 Å². The van der Waals surface area contributed by atoms with Gasteiger partial charge in [0, 0.05) is 0 Å². The molecular formula is C12H23NO3. The maximum Gasteiger partial charge on any atom is 0.407 e. The molecule has 4 heteroatoms. The molecule has 0 aliphatic heterocycles. The van der Waals surface area contributed by atoms with E-state index >= 15 is 0 Å². The van der Waals surface area contributed by atoms with Crippen molar-refractivity contribution in [3.8, 4) is 0 Å². The minimum Gasteiger partial charge on any atom is -0.444 e. The normalized spacial score (nSPS) is 26.1. The van der Waals surface area contributed by atoms with Crippen molar-refractivity contribution in [1.82, 2.24) is 5.32 Å². The number of rotatable bonds is 4. The maximum atomic E-state index is 11.5. The van der Waals surface area contributed by atoms with Crippen molar-refractivity contribution < 1.29 is 14.6 Å². The van der Waals surface area contributed by atoms with Crippen LogP contribution in [0.4, 0.5) is 4.79 Å². The Morgan fingerprint density at radius 2 is 2.19 bits per heavy atom. The van der Waals surface area contributed by atoms with E-state index in [-0.39, 0.29) is 12.6 Å². The summed E-state index contributed by atoms with van der Waals surface area (Å²) in [4.78, 5) is 11.5. The first kappa shape index (κ1) is 13.3. The Morgan fingerprint density at radius 1 is 1.56 bits per heavy atom. The molecule has 16 heavy (non-hydrogen) atoms. The van der Waals surface area contributed by atoms with Crippen molar-refractivity contribution in [3.05, 3.63) is 0 Å². The number of ether oxygens (including phenoxy) is 1. The molecule has 94 valence electrons. The van der Waals surface area contributed by atoms with Crippen LogP contribution in [0.3, 0.4) is 0 Å². The first-order valence-electron chi connectivity index (χ1n) is 5.97. The molecular weight excluding hydrogens is 206 g/mol. The van der Waals surface area contributed by atoms with Gasteiger partial charge in [-0.3, -0.25) is 0 Å². The molecule has 0 unspecified atom stereocenters. The molecule has 0 aromatic carbocycles. The van der Waals surface area contributed by atoms with Gasteiger partial charge in [-0.25, -0.2) is 4.79 Å². The van der Waals surface area contributed by atoms with Crippen LogP contribution in [0.1, 0.15) is 40.5 Å². The van der Waals surface area contributed by atoms with Crippen molar-refractivity contribution in [2.24, 2.45) is 11.8 Å². The van der Waals surface area contributed by atoms with E-state index in [4.69, 9.17) is 4.74 Å². The molecule has 1 aliphatic rings. The average molecular weight is 229 g/mol. The van der Waals surface area contributed by atoms with Gasteiger partial charge in [-0.15, -0.1) is 0 Å². The van der Waals surface area contributed by atoms with Crippen LogP contribution in [0.15, 0.2) is 0 Å². The highest BCUT2D eigenvalue weighted by Crippen LogP contribution is 2.43. The third-order valence-electron chi connectivity index (χ3n) is 2.92. The quantitative estimate of drug-likeness (QED) is 0.774. The van der Waals surface area contributed by atoms with Gasteiger partial charge >= 0.3 is 6.09 Å². The lowest BCUT2D eigenvalue weighted by Crippen LogP contribution is -2.42. The minimum absolute atomic E-state index is 0.0135. The molecule has 1 amide bonds. The number of nitrogens with one attached hydrogen (secondary N) is 1. The summed E-state index contributed by atoms with van der Waals surface area (Å²) in [5, 5.41) is 12.0. The van der Waals surface area contributed by atoms with Crippen LogP contribution in [-0.4, -0.2) is 29.4 Å². The van der Waals surface area contributed by atoms with Gasteiger partial charge in [-0.05, 0) is 39.0 Å². The summed E-state index contributed by atoms with van der Waals surface area (Å²) in [5.74, 6) is 1.06. The molecule has 0 bridgehead atoms. The lowest BCUT2D eigenvalue weighted by Gasteiger charge is -2.22. The lowest BCUT2D eigenvalue weighted by atomic mass is 10.1. The van der Waals surface area contributed by atoms with E-state index in [1.54, 1.807) is 0 Å². The molecule has 2 N–H and O–H groups in total. The fraction of sp³-hybridized carbons (Fsp3) is 0.917. The minimum atomic E-state index is -0.488. The monoisotopic (exact) mass is 229 g/mol. The SMILES string of the molecule is CC[C@@H]1C[C@H]1[C@H](CO)NC(=O)OC(C)(C)C. The highest BCUT2D eigenvalue weighted by molar-refractivity contribution is 5.68. The fourth-order valence-electron chi connectivity index (χ4n) is 1.98. The molecule has 1 aliphatic carbocycles. The Hall–Kier alpha value is -0.770. The fourth-order valence-corrected chi connectivity index (χ4v) is 1.98. The lowest BCUT2D eigenvalue weighted by molar-refractivity contribution is 0.0471. The number of hydrogen-bond acceptors (Lipinski definition) is 3. The largest absolute Gasteiger partial charge is 0.444 e. The smallest absolute Gasteiger partial charge is 0.407 e. The second-order valence-corrected chi connectivity index (χ2v) is 5.50. The van der Waals surface area contributed by atoms with E-state index in [0.29, 0.717) is 11.8 Å². The van der Waals surface area contributed by atoms with E-state index in [1.807, 2.05) is 20.8 Å². The highest BCUT2D eigenvalue weighted by atomic mass is 16.6. The number of amides is 1. The topological polar surface area (TPSA) is 58.6 Å². The second-order valence-electron chi connectivity index (χ2n) is 5.50. The molecule has 0 aromatic heterocycles. The van der Waals surface area contributed by atoms with Gasteiger partial charge in [0.05, 0.1) is 12.6 Å². The van der Waals surface area contributed by atoms with E-state index in [0.717, 1.165) is 12.8 Å². The first-order chi connectivity index (χ1) is 7.37. The number of carbonyl (C=O) groups is 1. The van der Waals surface area contributed by atoms with Gasteiger partial charge in [0.1, 0.15) is 5.60 Å². The van der Waals surface area contributed by atoms with Crippen LogP contribution in [0.2, 0.25) is 0 Å². The number of aliphatic hydroxyl groups excluding tert-OH is 1. The third kappa shape index (κ3) is 4.00. The predicted molar refractivity (Wildman–Crippen MR) is 62.1 cm³/mol. The summed E-state index contributed by atoms with van der Waals surface area (Å²) in [5.41, 5.74) is -0.488. The Kier molecular flexibility index (Phi) is 4.19. The average Bonchev–Trinajstić information content (AvgIpc) is 2.90. The van der Waals surface area contributed by atoms with Gasteiger partial charge in [0.2, 0.25) is 0 Å². The summed E-state index contributed by atoms with van der Waals surface area (Å²) in [6.07, 6.45) is 1.77. The molecule has 4 nitrogen and oxygen atoms in total. The van der Waals surface area contributed by atoms with Crippen molar-refractivity contribution in [2.75, 3.05) is 6.61 Å². The highest BCUT2D eigenvalue weighted by Gasteiger charge is 2.42. The molecule has 1 saturated carbocycles. The second kappa shape index (κ2) is 5.04. The number of hydrogen-bond donors (Lipinski definition) is 2. The van der Waals surface area contributed by atoms with Crippen molar-refractivity contribution in [1.29, 1.82) is 0 Å². The number of aliphatic hydroxyl groups is 1. The van der Waals surface area contributed by atoms with Gasteiger partial charge < -0.3 is 15.2 Å². The Labute approximate surface area is 97.4 Å². The van der Waals surface area contributed by atoms with E-state index in [9.17, 15) is 9.90 Å². The summed E-state index contributed by atoms with van der Waals surface area (Å²) < 4.78 is 5.16. The van der Waals surface area contributed by atoms with E-state index < -0.39 is 11.7 Å². The van der Waals surface area contributed by atoms with Crippen LogP contribution in [-0.2, 0) is 4.74 Å². The van der Waals surface area contributed by atoms with Gasteiger partial charge in [-0.2, -0.15) is 0 Å². The molecule has 0 saturated heterocycles. The Balaban J connectivity index is 2.37. The van der Waals surface area contributed by atoms with Crippen LogP contribution in [0.5, 0.6) is 0 Å². The van der Waals surface area contributed by atoms with Crippen LogP contribution < -0.4 is 5.32 Å². The van der Waals surface area contributed by atoms with E-state index in [1.165, 1.54) is 0 Å². The van der Waals surface area contributed by atoms with Crippen molar-refractivity contribution in [3.63, 3.8) is 0 Å². The maximum absolute atomic E-state index is 11.5. The summed E-state index contributed by atoms with van der Waals surface area (Å²) >= 11 is 0. The van der Waals surface area contributed by atoms with Crippen LogP contribution in [0.25, 0.3) is 0 Å². The van der Waals surface area contributed by atoms with E-state index in [2.05, 4.69) is 12.2 Å². The zero-order valence-electron chi connectivity index (χ0n) is 10.6. The Bertz CT molecular complexity index is 247.